The van der Waals surface area contributed by atoms with Crippen LogP contribution in [0.5, 0.6) is 0 Å². The molecule has 1 aromatic rings. The molecule has 0 saturated carbocycles. The Morgan fingerprint density at radius 2 is 2.58 bits per heavy atom. The first kappa shape index (κ1) is 7.58. The van der Waals surface area contributed by atoms with E-state index in [4.69, 9.17) is 5.11 Å². The number of aliphatic hydroxyl groups is 1. The maximum atomic E-state index is 8.76. The molecule has 3 heteroatoms. The van der Waals surface area contributed by atoms with Crippen molar-refractivity contribution >= 4 is 5.69 Å². The van der Waals surface area contributed by atoms with Gasteiger partial charge in [0.25, 0.3) is 0 Å². The summed E-state index contributed by atoms with van der Waals surface area (Å²) in [4.78, 5) is 0. The van der Waals surface area contributed by atoms with Gasteiger partial charge in [-0.2, -0.15) is 0 Å². The second-order valence-corrected chi connectivity index (χ2v) is 2.76. The van der Waals surface area contributed by atoms with Crippen molar-refractivity contribution in [3.05, 3.63) is 29.8 Å². The number of fused-ring (bicyclic) bond motifs is 1. The Balaban J connectivity index is 2.24. The van der Waals surface area contributed by atoms with Gasteiger partial charge in [-0.05, 0) is 17.7 Å². The lowest BCUT2D eigenvalue weighted by Crippen LogP contribution is -2.34. The van der Waals surface area contributed by atoms with E-state index in [-0.39, 0.29) is 6.61 Å². The lowest BCUT2D eigenvalue weighted by atomic mass is 10.2. The van der Waals surface area contributed by atoms with Gasteiger partial charge in [-0.1, -0.05) is 12.1 Å². The number of aliphatic hydroxyl groups excluding tert-OH is 1. The van der Waals surface area contributed by atoms with Crippen LogP contribution in [0.3, 0.4) is 0 Å². The number of benzene rings is 1. The summed E-state index contributed by atoms with van der Waals surface area (Å²) in [7, 11) is 0. The fourth-order valence-electron chi connectivity index (χ4n) is 1.42. The zero-order chi connectivity index (χ0) is 8.39. The fourth-order valence-corrected chi connectivity index (χ4v) is 1.42. The van der Waals surface area contributed by atoms with Gasteiger partial charge in [0.15, 0.2) is 0 Å². The van der Waals surface area contributed by atoms with E-state index in [0.717, 1.165) is 12.2 Å². The Labute approximate surface area is 71.6 Å². The standard InChI is InChI=1S/C9H11N2O/c12-6-5-11-9-4-2-1-3-8(9)7-10-11/h1,3-4,10,12H,5-7H2. The van der Waals surface area contributed by atoms with E-state index >= 15 is 0 Å². The highest BCUT2D eigenvalue weighted by Gasteiger charge is 2.16. The molecule has 0 saturated heterocycles. The molecular weight excluding hydrogens is 152 g/mol. The second kappa shape index (κ2) is 3.13. The minimum atomic E-state index is 0.168. The molecule has 0 atom stereocenters. The largest absolute Gasteiger partial charge is 0.394 e. The molecule has 3 nitrogen and oxygen atoms in total. The molecule has 12 heavy (non-hydrogen) atoms. The van der Waals surface area contributed by atoms with Crippen LogP contribution in [0.15, 0.2) is 18.2 Å². The molecule has 1 aliphatic rings. The molecule has 0 aliphatic carbocycles. The SMILES string of the molecule is OCCN1NCc2cc[c]cc21. The monoisotopic (exact) mass is 163 g/mol. The van der Waals surface area contributed by atoms with E-state index in [2.05, 4.69) is 11.5 Å². The average molecular weight is 163 g/mol. The number of nitrogens with zero attached hydrogens (tertiary/aromatic N) is 1. The first-order chi connectivity index (χ1) is 5.92. The van der Waals surface area contributed by atoms with Gasteiger partial charge in [-0.25, -0.2) is 5.43 Å². The minimum absolute atomic E-state index is 0.168. The summed E-state index contributed by atoms with van der Waals surface area (Å²) in [5.41, 5.74) is 5.57. The third kappa shape index (κ3) is 1.17. The highest BCUT2D eigenvalue weighted by atomic mass is 16.3. The van der Waals surface area contributed by atoms with Crippen LogP contribution in [-0.4, -0.2) is 18.3 Å². The summed E-state index contributed by atoms with van der Waals surface area (Å²) in [6.45, 7) is 1.65. The van der Waals surface area contributed by atoms with Crippen molar-refractivity contribution in [2.45, 2.75) is 6.54 Å². The topological polar surface area (TPSA) is 35.5 Å². The van der Waals surface area contributed by atoms with Gasteiger partial charge >= 0.3 is 0 Å². The lowest BCUT2D eigenvalue weighted by molar-refractivity contribution is 0.298. The van der Waals surface area contributed by atoms with Crippen molar-refractivity contribution in [1.29, 1.82) is 0 Å². The number of rotatable bonds is 2. The molecule has 2 N–H and O–H groups in total. The van der Waals surface area contributed by atoms with Crippen LogP contribution in [0.4, 0.5) is 5.69 Å². The van der Waals surface area contributed by atoms with Gasteiger partial charge in [0, 0.05) is 6.54 Å². The Morgan fingerprint density at radius 1 is 1.67 bits per heavy atom. The molecule has 0 fully saturated rings. The van der Waals surface area contributed by atoms with Crippen LogP contribution >= 0.6 is 0 Å². The normalized spacial score (nSPS) is 14.9. The maximum Gasteiger partial charge on any atom is 0.0622 e. The van der Waals surface area contributed by atoms with Gasteiger partial charge in [-0.3, -0.25) is 0 Å². The highest BCUT2D eigenvalue weighted by molar-refractivity contribution is 5.55. The van der Waals surface area contributed by atoms with Gasteiger partial charge in [0.2, 0.25) is 0 Å². The number of nitrogens with one attached hydrogen (secondary N) is 1. The number of β-amino-alcohol motifs (C(OH)–C–C–N with tert-alkyl or cyclic N) is 1. The lowest BCUT2D eigenvalue weighted by Gasteiger charge is -2.17. The molecule has 1 aromatic carbocycles. The first-order valence-corrected chi connectivity index (χ1v) is 4.02. The van der Waals surface area contributed by atoms with E-state index in [9.17, 15) is 0 Å². The van der Waals surface area contributed by atoms with Crippen molar-refractivity contribution < 1.29 is 5.11 Å². The smallest absolute Gasteiger partial charge is 0.0622 e. The summed E-state index contributed by atoms with van der Waals surface area (Å²) >= 11 is 0. The number of hydrazine groups is 1. The van der Waals surface area contributed by atoms with Gasteiger partial charge in [0.05, 0.1) is 18.8 Å². The number of hydrogen-bond acceptors (Lipinski definition) is 3. The number of hydrogen-bond donors (Lipinski definition) is 2. The molecule has 1 aliphatic heterocycles. The predicted octanol–water partition coefficient (Wildman–Crippen LogP) is 0.304. The zero-order valence-electron chi connectivity index (χ0n) is 6.75. The van der Waals surface area contributed by atoms with E-state index in [1.807, 2.05) is 23.2 Å². The van der Waals surface area contributed by atoms with Crippen molar-refractivity contribution in [3.63, 3.8) is 0 Å². The Hall–Kier alpha value is -1.06. The third-order valence-corrected chi connectivity index (χ3v) is 2.00. The molecule has 0 bridgehead atoms. The van der Waals surface area contributed by atoms with Crippen molar-refractivity contribution in [1.82, 2.24) is 5.43 Å². The van der Waals surface area contributed by atoms with Crippen LogP contribution < -0.4 is 10.4 Å². The predicted molar refractivity (Wildman–Crippen MR) is 46.5 cm³/mol. The molecule has 63 valence electrons. The number of anilines is 1. The first-order valence-electron chi connectivity index (χ1n) is 4.02. The molecule has 0 aromatic heterocycles. The third-order valence-electron chi connectivity index (χ3n) is 2.00. The Morgan fingerprint density at radius 3 is 3.42 bits per heavy atom. The molecule has 1 heterocycles. The molecule has 0 spiro atoms. The van der Waals surface area contributed by atoms with Gasteiger partial charge < -0.3 is 10.1 Å². The van der Waals surface area contributed by atoms with Crippen LogP contribution in [0, 0.1) is 6.07 Å². The maximum absolute atomic E-state index is 8.76. The Kier molecular flexibility index (Phi) is 1.98. The van der Waals surface area contributed by atoms with Crippen LogP contribution in [0.1, 0.15) is 5.56 Å². The van der Waals surface area contributed by atoms with Gasteiger partial charge in [-0.15, -0.1) is 0 Å². The fraction of sp³-hybridized carbons (Fsp3) is 0.333. The molecule has 0 unspecified atom stereocenters. The summed E-state index contributed by atoms with van der Waals surface area (Å²) in [5.74, 6) is 0. The summed E-state index contributed by atoms with van der Waals surface area (Å²) in [5, 5.41) is 10.7. The minimum Gasteiger partial charge on any atom is -0.394 e. The van der Waals surface area contributed by atoms with Crippen molar-refractivity contribution in [2.24, 2.45) is 0 Å². The zero-order valence-corrected chi connectivity index (χ0v) is 6.75. The van der Waals surface area contributed by atoms with Crippen LogP contribution in [0.2, 0.25) is 0 Å². The van der Waals surface area contributed by atoms with E-state index in [0.29, 0.717) is 6.54 Å². The quantitative estimate of drug-likeness (QED) is 0.658. The Bertz CT molecular complexity index is 273. The average Bonchev–Trinajstić information content (AvgIpc) is 2.50. The second-order valence-electron chi connectivity index (χ2n) is 2.76. The molecule has 0 amide bonds. The molecule has 2 rings (SSSR count). The van der Waals surface area contributed by atoms with Crippen molar-refractivity contribution in [2.75, 3.05) is 18.2 Å². The summed E-state index contributed by atoms with van der Waals surface area (Å²) in [6, 6.07) is 8.90. The van der Waals surface area contributed by atoms with E-state index in [1.54, 1.807) is 0 Å². The highest BCUT2D eigenvalue weighted by Crippen LogP contribution is 2.23. The molecular formula is C9H11N2O. The summed E-state index contributed by atoms with van der Waals surface area (Å²) in [6.07, 6.45) is 0. The van der Waals surface area contributed by atoms with E-state index < -0.39 is 0 Å². The van der Waals surface area contributed by atoms with Gasteiger partial charge in [0.1, 0.15) is 0 Å². The van der Waals surface area contributed by atoms with Crippen molar-refractivity contribution in [3.8, 4) is 0 Å². The summed E-state index contributed by atoms with van der Waals surface area (Å²) < 4.78 is 0. The van der Waals surface area contributed by atoms with E-state index in [1.165, 1.54) is 5.56 Å². The van der Waals surface area contributed by atoms with Crippen LogP contribution in [-0.2, 0) is 6.54 Å². The van der Waals surface area contributed by atoms with Crippen LogP contribution in [0.25, 0.3) is 0 Å². The molecule has 1 radical (unpaired) electrons.